The summed E-state index contributed by atoms with van der Waals surface area (Å²) < 4.78 is 33.2. The summed E-state index contributed by atoms with van der Waals surface area (Å²) in [6.45, 7) is -0.518. The lowest BCUT2D eigenvalue weighted by Gasteiger charge is -2.27. The summed E-state index contributed by atoms with van der Waals surface area (Å²) in [6.07, 6.45) is 0.837. The van der Waals surface area contributed by atoms with Gasteiger partial charge in [0, 0.05) is 21.6 Å². The number of nitrogens with one attached hydrogen (secondary N) is 1. The minimum atomic E-state index is -3.38. The molecule has 1 aromatic heterocycles. The van der Waals surface area contributed by atoms with Crippen molar-refractivity contribution < 1.29 is 23.3 Å². The lowest BCUT2D eigenvalue weighted by atomic mass is 10.2. The van der Waals surface area contributed by atoms with Crippen LogP contribution in [0.25, 0.3) is 11.3 Å². The SMILES string of the molecule is O=C(COC(=O)C1(P(=O)(c2ccccc2)c2ccccc2)CC1)Nc1nc(-c2ccc(F)cc2)cs1. The Balaban J connectivity index is 1.29. The van der Waals surface area contributed by atoms with Crippen LogP contribution in [0.5, 0.6) is 0 Å². The largest absolute Gasteiger partial charge is 0.455 e. The number of carbonyl (C=O) groups is 2. The van der Waals surface area contributed by atoms with Gasteiger partial charge in [-0.1, -0.05) is 60.7 Å². The number of hydrogen-bond donors (Lipinski definition) is 1. The van der Waals surface area contributed by atoms with Crippen molar-refractivity contribution in [3.05, 3.63) is 96.1 Å². The van der Waals surface area contributed by atoms with Crippen LogP contribution in [0.4, 0.5) is 9.52 Å². The fraction of sp³-hybridized carbons (Fsp3) is 0.148. The van der Waals surface area contributed by atoms with Gasteiger partial charge in [0.2, 0.25) is 0 Å². The molecule has 3 aromatic carbocycles. The van der Waals surface area contributed by atoms with Crippen LogP contribution in [0.15, 0.2) is 90.3 Å². The van der Waals surface area contributed by atoms with Crippen LogP contribution in [0.3, 0.4) is 0 Å². The van der Waals surface area contributed by atoms with Crippen LogP contribution in [0.1, 0.15) is 12.8 Å². The third-order valence-electron chi connectivity index (χ3n) is 6.17. The van der Waals surface area contributed by atoms with E-state index in [1.807, 2.05) is 12.1 Å². The van der Waals surface area contributed by atoms with Crippen LogP contribution in [0.2, 0.25) is 0 Å². The number of thiazole rings is 1. The van der Waals surface area contributed by atoms with E-state index in [1.54, 1.807) is 66.0 Å². The summed E-state index contributed by atoms with van der Waals surface area (Å²) in [4.78, 5) is 30.1. The number of amides is 1. The maximum absolute atomic E-state index is 14.6. The highest BCUT2D eigenvalue weighted by Crippen LogP contribution is 2.68. The molecule has 0 saturated heterocycles. The van der Waals surface area contributed by atoms with Crippen molar-refractivity contribution in [2.45, 2.75) is 18.0 Å². The first-order valence-corrected chi connectivity index (χ1v) is 13.9. The van der Waals surface area contributed by atoms with Gasteiger partial charge in [-0.3, -0.25) is 14.9 Å². The van der Waals surface area contributed by atoms with Gasteiger partial charge in [0.05, 0.1) is 5.69 Å². The quantitative estimate of drug-likeness (QED) is 0.262. The van der Waals surface area contributed by atoms with Crippen LogP contribution in [-0.2, 0) is 18.9 Å². The van der Waals surface area contributed by atoms with E-state index in [-0.39, 0.29) is 5.82 Å². The minimum absolute atomic E-state index is 0.329. The number of hydrogen-bond acceptors (Lipinski definition) is 6. The van der Waals surface area contributed by atoms with Gasteiger partial charge in [-0.2, -0.15) is 0 Å². The van der Waals surface area contributed by atoms with Crippen molar-refractivity contribution in [3.8, 4) is 11.3 Å². The summed E-state index contributed by atoms with van der Waals surface area (Å²) in [5.74, 6) is -1.53. The van der Waals surface area contributed by atoms with Gasteiger partial charge in [0.25, 0.3) is 5.91 Å². The first kappa shape index (κ1) is 24.1. The Morgan fingerprint density at radius 2 is 1.53 bits per heavy atom. The van der Waals surface area contributed by atoms with Crippen LogP contribution < -0.4 is 15.9 Å². The molecule has 0 radical (unpaired) electrons. The molecule has 1 N–H and O–H groups in total. The number of rotatable bonds is 8. The summed E-state index contributed by atoms with van der Waals surface area (Å²) in [5, 5.41) is 4.68. The standard InChI is InChI=1S/C27H22FN2O4PS/c28-20-13-11-19(12-14-20)23-18-36-26(29-23)30-24(31)17-34-25(32)27(15-16-27)35(33,21-7-3-1-4-8-21)22-9-5-2-6-10-22/h1-14,18H,15-17H2,(H,29,30,31). The molecule has 5 rings (SSSR count). The second-order valence-electron chi connectivity index (χ2n) is 8.48. The number of esters is 1. The van der Waals surface area contributed by atoms with Crippen LogP contribution in [0, 0.1) is 5.82 Å². The van der Waals surface area contributed by atoms with Gasteiger partial charge < -0.3 is 9.30 Å². The summed E-state index contributed by atoms with van der Waals surface area (Å²) in [7, 11) is -3.38. The molecule has 0 unspecified atom stereocenters. The van der Waals surface area contributed by atoms with E-state index in [4.69, 9.17) is 4.74 Å². The molecule has 4 aromatic rings. The number of benzene rings is 3. The van der Waals surface area contributed by atoms with E-state index in [0.29, 0.717) is 39.8 Å². The van der Waals surface area contributed by atoms with Gasteiger partial charge in [-0.05, 0) is 37.1 Å². The highest BCUT2D eigenvalue weighted by atomic mass is 32.1. The average Bonchev–Trinajstić information content (AvgIpc) is 3.61. The topological polar surface area (TPSA) is 85.4 Å². The smallest absolute Gasteiger partial charge is 0.320 e. The molecule has 0 spiro atoms. The molecule has 1 heterocycles. The van der Waals surface area contributed by atoms with E-state index in [1.165, 1.54) is 23.5 Å². The van der Waals surface area contributed by atoms with E-state index in [9.17, 15) is 18.5 Å². The molecule has 36 heavy (non-hydrogen) atoms. The van der Waals surface area contributed by atoms with E-state index < -0.39 is 30.8 Å². The molecule has 0 atom stereocenters. The number of carbonyl (C=O) groups excluding carboxylic acids is 2. The third-order valence-corrected chi connectivity index (χ3v) is 10.8. The minimum Gasteiger partial charge on any atom is -0.455 e. The second-order valence-corrected chi connectivity index (χ2v) is 12.4. The molecular formula is C27H22FN2O4PS. The van der Waals surface area contributed by atoms with Gasteiger partial charge in [0.1, 0.15) is 11.0 Å². The maximum atomic E-state index is 14.6. The number of nitrogens with zero attached hydrogens (tertiary/aromatic N) is 1. The number of halogens is 1. The number of anilines is 1. The zero-order chi connectivity index (χ0) is 25.2. The molecule has 1 saturated carbocycles. The van der Waals surface area contributed by atoms with E-state index in [0.717, 1.165) is 0 Å². The first-order chi connectivity index (χ1) is 17.4. The first-order valence-electron chi connectivity index (χ1n) is 11.3. The van der Waals surface area contributed by atoms with Crippen molar-refractivity contribution in [1.82, 2.24) is 4.98 Å². The van der Waals surface area contributed by atoms with Gasteiger partial charge in [0.15, 0.2) is 18.9 Å². The van der Waals surface area contributed by atoms with Crippen molar-refractivity contribution in [1.29, 1.82) is 0 Å². The Morgan fingerprint density at radius 1 is 0.944 bits per heavy atom. The molecule has 1 fully saturated rings. The molecule has 1 aliphatic carbocycles. The molecular weight excluding hydrogens is 498 g/mol. The molecule has 9 heteroatoms. The molecule has 6 nitrogen and oxygen atoms in total. The average molecular weight is 521 g/mol. The summed E-state index contributed by atoms with van der Waals surface area (Å²) in [6, 6.07) is 23.8. The van der Waals surface area contributed by atoms with Crippen LogP contribution in [-0.4, -0.2) is 28.6 Å². The number of aromatic nitrogens is 1. The molecule has 1 amide bonds. The summed E-state index contributed by atoms with van der Waals surface area (Å²) in [5.41, 5.74) is 1.31. The van der Waals surface area contributed by atoms with Crippen molar-refractivity contribution in [3.63, 3.8) is 0 Å². The monoisotopic (exact) mass is 520 g/mol. The molecule has 0 bridgehead atoms. The Labute approximate surface area is 211 Å². The van der Waals surface area contributed by atoms with Gasteiger partial charge in [-0.15, -0.1) is 11.3 Å². The fourth-order valence-electron chi connectivity index (χ4n) is 4.19. The van der Waals surface area contributed by atoms with Crippen LogP contribution >= 0.6 is 18.5 Å². The fourth-order valence-corrected chi connectivity index (χ4v) is 8.46. The Hall–Kier alpha value is -3.61. The zero-order valence-electron chi connectivity index (χ0n) is 19.1. The second kappa shape index (κ2) is 9.80. The highest BCUT2D eigenvalue weighted by Gasteiger charge is 2.65. The maximum Gasteiger partial charge on any atom is 0.320 e. The van der Waals surface area contributed by atoms with Gasteiger partial charge in [-0.25, -0.2) is 9.37 Å². The highest BCUT2D eigenvalue weighted by molar-refractivity contribution is 7.81. The van der Waals surface area contributed by atoms with Crippen molar-refractivity contribution in [2.75, 3.05) is 11.9 Å². The van der Waals surface area contributed by atoms with Crippen molar-refractivity contribution in [2.24, 2.45) is 0 Å². The predicted octanol–water partition coefficient (Wildman–Crippen LogP) is 4.98. The zero-order valence-corrected chi connectivity index (χ0v) is 20.8. The Bertz CT molecular complexity index is 1390. The lowest BCUT2D eigenvalue weighted by Crippen LogP contribution is -2.36. The van der Waals surface area contributed by atoms with E-state index >= 15 is 0 Å². The lowest BCUT2D eigenvalue weighted by molar-refractivity contribution is -0.147. The third kappa shape index (κ3) is 4.50. The van der Waals surface area contributed by atoms with Crippen molar-refractivity contribution >= 4 is 46.1 Å². The van der Waals surface area contributed by atoms with Gasteiger partial charge >= 0.3 is 5.97 Å². The molecule has 1 aliphatic rings. The Kier molecular flexibility index (Phi) is 6.56. The predicted molar refractivity (Wildman–Crippen MR) is 139 cm³/mol. The number of ether oxygens (including phenoxy) is 1. The normalized spacial score (nSPS) is 14.1. The van der Waals surface area contributed by atoms with E-state index in [2.05, 4.69) is 10.3 Å². The molecule has 0 aliphatic heterocycles. The Morgan fingerprint density at radius 3 is 2.08 bits per heavy atom. The summed E-state index contributed by atoms with van der Waals surface area (Å²) >= 11 is 1.21. The molecule has 182 valence electrons.